The van der Waals surface area contributed by atoms with Crippen LogP contribution in [0.1, 0.15) is 24.8 Å². The van der Waals surface area contributed by atoms with Gasteiger partial charge in [-0.05, 0) is 37.1 Å². The standard InChI is InChI=1S/C16H22N2OS2/c1-18(13-4-2-3-12(9-13)15(17)20)14-5-7-19-16(10-14)6-8-21-11-16/h2-4,9,14H,5-8,10-11H2,1H3,(H2,17,20). The molecule has 0 amide bonds. The minimum Gasteiger partial charge on any atom is -0.389 e. The number of benzene rings is 1. The summed E-state index contributed by atoms with van der Waals surface area (Å²) in [5.41, 5.74) is 7.99. The first kappa shape index (κ1) is 15.1. The van der Waals surface area contributed by atoms with E-state index in [2.05, 4.69) is 24.1 Å². The number of thioether (sulfide) groups is 1. The highest BCUT2D eigenvalue weighted by atomic mass is 32.2. The normalized spacial score (nSPS) is 28.7. The van der Waals surface area contributed by atoms with Gasteiger partial charge in [0.05, 0.1) is 5.60 Å². The molecule has 2 N–H and O–H groups in total. The number of hydrogen-bond acceptors (Lipinski definition) is 4. The number of anilines is 1. The van der Waals surface area contributed by atoms with Crippen LogP contribution >= 0.6 is 24.0 Å². The van der Waals surface area contributed by atoms with E-state index in [0.717, 1.165) is 30.8 Å². The van der Waals surface area contributed by atoms with Gasteiger partial charge >= 0.3 is 0 Å². The van der Waals surface area contributed by atoms with Crippen molar-refractivity contribution in [1.29, 1.82) is 0 Å². The monoisotopic (exact) mass is 322 g/mol. The third-order valence-electron chi connectivity index (χ3n) is 4.62. The highest BCUT2D eigenvalue weighted by Gasteiger charge is 2.41. The average Bonchev–Trinajstić information content (AvgIpc) is 2.94. The van der Waals surface area contributed by atoms with E-state index in [9.17, 15) is 0 Å². The third kappa shape index (κ3) is 3.20. The molecule has 5 heteroatoms. The first-order chi connectivity index (χ1) is 10.1. The topological polar surface area (TPSA) is 38.5 Å². The van der Waals surface area contributed by atoms with Gasteiger partial charge in [0.15, 0.2) is 0 Å². The van der Waals surface area contributed by atoms with Crippen molar-refractivity contribution < 1.29 is 4.74 Å². The number of hydrogen-bond donors (Lipinski definition) is 1. The van der Waals surface area contributed by atoms with Crippen molar-refractivity contribution in [2.45, 2.75) is 30.9 Å². The SMILES string of the molecule is CN(c1cccc(C(N)=S)c1)C1CCOC2(CCSC2)C1. The van der Waals surface area contributed by atoms with Gasteiger partial charge in [0, 0.05) is 36.7 Å². The molecule has 1 spiro atoms. The van der Waals surface area contributed by atoms with Crippen LogP contribution in [0.3, 0.4) is 0 Å². The number of nitrogens with two attached hydrogens (primary N) is 1. The van der Waals surface area contributed by atoms with Crippen LogP contribution in [0.15, 0.2) is 24.3 Å². The van der Waals surface area contributed by atoms with E-state index in [1.807, 2.05) is 23.9 Å². The van der Waals surface area contributed by atoms with Crippen LogP contribution in [0.4, 0.5) is 5.69 Å². The van der Waals surface area contributed by atoms with Gasteiger partial charge in [-0.15, -0.1) is 0 Å². The van der Waals surface area contributed by atoms with Gasteiger partial charge < -0.3 is 15.4 Å². The minimum absolute atomic E-state index is 0.114. The van der Waals surface area contributed by atoms with Gasteiger partial charge in [-0.1, -0.05) is 24.4 Å². The Labute approximate surface area is 136 Å². The second kappa shape index (κ2) is 6.15. The van der Waals surface area contributed by atoms with Crippen LogP contribution in [-0.4, -0.2) is 41.8 Å². The van der Waals surface area contributed by atoms with Crippen molar-refractivity contribution in [2.75, 3.05) is 30.1 Å². The van der Waals surface area contributed by atoms with Crippen LogP contribution < -0.4 is 10.6 Å². The zero-order valence-corrected chi connectivity index (χ0v) is 14.0. The third-order valence-corrected chi connectivity index (χ3v) is 6.08. The predicted molar refractivity (Wildman–Crippen MR) is 94.4 cm³/mol. The maximum Gasteiger partial charge on any atom is 0.104 e. The maximum absolute atomic E-state index is 6.12. The van der Waals surface area contributed by atoms with Crippen LogP contribution in [0.2, 0.25) is 0 Å². The Balaban J connectivity index is 1.76. The van der Waals surface area contributed by atoms with Crippen molar-refractivity contribution in [3.8, 4) is 0 Å². The fourth-order valence-corrected chi connectivity index (χ4v) is 4.79. The summed E-state index contributed by atoms with van der Waals surface area (Å²) < 4.78 is 6.12. The summed E-state index contributed by atoms with van der Waals surface area (Å²) in [6.45, 7) is 0.866. The molecule has 3 nitrogen and oxygen atoms in total. The first-order valence-electron chi connectivity index (χ1n) is 7.44. The molecule has 3 rings (SSSR count). The zero-order chi connectivity index (χ0) is 14.9. The lowest BCUT2D eigenvalue weighted by Crippen LogP contribution is -2.48. The van der Waals surface area contributed by atoms with Crippen LogP contribution in [-0.2, 0) is 4.74 Å². The summed E-state index contributed by atoms with van der Waals surface area (Å²) in [4.78, 5) is 2.83. The van der Waals surface area contributed by atoms with Gasteiger partial charge in [0.1, 0.15) is 4.99 Å². The number of ether oxygens (including phenoxy) is 1. The molecule has 2 aliphatic rings. The Bertz CT molecular complexity index is 529. The number of rotatable bonds is 3. The Hall–Kier alpha value is -0.780. The van der Waals surface area contributed by atoms with Gasteiger partial charge in [-0.2, -0.15) is 11.8 Å². The molecular formula is C16H22N2OS2. The number of nitrogens with zero attached hydrogens (tertiary/aromatic N) is 1. The molecule has 0 radical (unpaired) electrons. The van der Waals surface area contributed by atoms with Crippen LogP contribution in [0, 0.1) is 0 Å². The van der Waals surface area contributed by atoms with Gasteiger partial charge in [-0.25, -0.2) is 0 Å². The Morgan fingerprint density at radius 3 is 3.10 bits per heavy atom. The highest BCUT2D eigenvalue weighted by Crippen LogP contribution is 2.40. The van der Waals surface area contributed by atoms with E-state index < -0.39 is 0 Å². The quantitative estimate of drug-likeness (QED) is 0.866. The second-order valence-electron chi connectivity index (χ2n) is 6.01. The molecule has 0 bridgehead atoms. The molecule has 114 valence electrons. The van der Waals surface area contributed by atoms with E-state index >= 15 is 0 Å². The van der Waals surface area contributed by atoms with Gasteiger partial charge in [-0.3, -0.25) is 0 Å². The van der Waals surface area contributed by atoms with Crippen LogP contribution in [0.5, 0.6) is 0 Å². The van der Waals surface area contributed by atoms with Crippen molar-refractivity contribution in [1.82, 2.24) is 0 Å². The molecule has 0 aromatic heterocycles. The van der Waals surface area contributed by atoms with E-state index in [1.165, 1.54) is 17.9 Å². The zero-order valence-electron chi connectivity index (χ0n) is 12.4. The Kier molecular flexibility index (Phi) is 4.43. The van der Waals surface area contributed by atoms with Crippen molar-refractivity contribution >= 4 is 34.7 Å². The van der Waals surface area contributed by atoms with E-state index in [0.29, 0.717) is 11.0 Å². The lowest BCUT2D eigenvalue weighted by molar-refractivity contribution is -0.0658. The summed E-state index contributed by atoms with van der Waals surface area (Å²) in [5, 5.41) is 0. The van der Waals surface area contributed by atoms with Gasteiger partial charge in [0.2, 0.25) is 0 Å². The van der Waals surface area contributed by atoms with E-state index in [4.69, 9.17) is 22.7 Å². The lowest BCUT2D eigenvalue weighted by atomic mass is 9.89. The molecule has 2 fully saturated rings. The summed E-state index contributed by atoms with van der Waals surface area (Å²) in [7, 11) is 2.17. The molecular weight excluding hydrogens is 300 g/mol. The summed E-state index contributed by atoms with van der Waals surface area (Å²) >= 11 is 7.10. The molecule has 21 heavy (non-hydrogen) atoms. The molecule has 2 atom stereocenters. The maximum atomic E-state index is 6.12. The van der Waals surface area contributed by atoms with Crippen molar-refractivity contribution in [3.05, 3.63) is 29.8 Å². The van der Waals surface area contributed by atoms with Gasteiger partial charge in [0.25, 0.3) is 0 Å². The molecule has 2 aliphatic heterocycles. The molecule has 2 heterocycles. The molecule has 2 saturated heterocycles. The summed E-state index contributed by atoms with van der Waals surface area (Å²) in [5.74, 6) is 2.37. The Morgan fingerprint density at radius 1 is 1.52 bits per heavy atom. The fourth-order valence-electron chi connectivity index (χ4n) is 3.29. The van der Waals surface area contributed by atoms with Crippen molar-refractivity contribution in [2.24, 2.45) is 5.73 Å². The fraction of sp³-hybridized carbons (Fsp3) is 0.562. The molecule has 1 aromatic rings. The minimum atomic E-state index is 0.114. The molecule has 0 saturated carbocycles. The smallest absolute Gasteiger partial charge is 0.104 e. The molecule has 1 aromatic carbocycles. The molecule has 2 unspecified atom stereocenters. The van der Waals surface area contributed by atoms with Crippen LogP contribution in [0.25, 0.3) is 0 Å². The van der Waals surface area contributed by atoms with E-state index in [1.54, 1.807) is 0 Å². The van der Waals surface area contributed by atoms with E-state index in [-0.39, 0.29) is 5.60 Å². The molecule has 0 aliphatic carbocycles. The second-order valence-corrected chi connectivity index (χ2v) is 7.55. The summed E-state index contributed by atoms with van der Waals surface area (Å²) in [6, 6.07) is 8.75. The Morgan fingerprint density at radius 2 is 2.38 bits per heavy atom. The van der Waals surface area contributed by atoms with Crippen molar-refractivity contribution in [3.63, 3.8) is 0 Å². The number of thiocarbonyl (C=S) groups is 1. The highest BCUT2D eigenvalue weighted by molar-refractivity contribution is 7.99. The predicted octanol–water partition coefficient (Wildman–Crippen LogP) is 2.81. The first-order valence-corrected chi connectivity index (χ1v) is 9.00. The average molecular weight is 322 g/mol. The largest absolute Gasteiger partial charge is 0.389 e. The lowest BCUT2D eigenvalue weighted by Gasteiger charge is -2.42. The summed E-state index contributed by atoms with van der Waals surface area (Å²) in [6.07, 6.45) is 3.39.